The SMILES string of the molecule is O=C(COc1ccc(Cl)cc1Br)N/N=C\c1cc(Br)cc(Br)c1OC(=O)c1cccc(Br)c1. The highest BCUT2D eigenvalue weighted by Crippen LogP contribution is 2.33. The molecule has 0 bridgehead atoms. The third kappa shape index (κ3) is 7.65. The van der Waals surface area contributed by atoms with Gasteiger partial charge in [0.1, 0.15) is 5.75 Å². The van der Waals surface area contributed by atoms with Crippen LogP contribution in [0.25, 0.3) is 0 Å². The minimum Gasteiger partial charge on any atom is -0.483 e. The molecular formula is C22H13Br4ClN2O4. The molecule has 0 radical (unpaired) electrons. The number of rotatable bonds is 7. The molecule has 0 spiro atoms. The molecule has 11 heteroatoms. The van der Waals surface area contributed by atoms with Crippen LogP contribution in [0.15, 0.2) is 77.6 Å². The second kappa shape index (κ2) is 12.1. The van der Waals surface area contributed by atoms with Crippen molar-refractivity contribution in [2.75, 3.05) is 6.61 Å². The zero-order valence-corrected chi connectivity index (χ0v) is 23.6. The van der Waals surface area contributed by atoms with E-state index in [0.29, 0.717) is 30.8 Å². The average Bonchev–Trinajstić information content (AvgIpc) is 2.75. The first kappa shape index (κ1) is 25.9. The zero-order valence-electron chi connectivity index (χ0n) is 16.5. The summed E-state index contributed by atoms with van der Waals surface area (Å²) < 4.78 is 13.7. The molecule has 0 aliphatic heterocycles. The molecule has 3 rings (SSSR count). The van der Waals surface area contributed by atoms with Crippen LogP contribution in [0.2, 0.25) is 5.02 Å². The molecule has 3 aromatic carbocycles. The van der Waals surface area contributed by atoms with E-state index in [4.69, 9.17) is 21.1 Å². The van der Waals surface area contributed by atoms with Gasteiger partial charge in [-0.2, -0.15) is 5.10 Å². The van der Waals surface area contributed by atoms with Crippen LogP contribution in [-0.2, 0) is 4.79 Å². The Hall–Kier alpha value is -1.72. The topological polar surface area (TPSA) is 77.0 Å². The number of nitrogens with one attached hydrogen (secondary N) is 1. The number of nitrogens with zero attached hydrogens (tertiary/aromatic N) is 1. The Morgan fingerprint density at radius 1 is 0.970 bits per heavy atom. The molecule has 0 atom stereocenters. The first-order valence-electron chi connectivity index (χ1n) is 9.09. The smallest absolute Gasteiger partial charge is 0.343 e. The van der Waals surface area contributed by atoms with Crippen molar-refractivity contribution in [2.24, 2.45) is 5.10 Å². The van der Waals surface area contributed by atoms with Gasteiger partial charge in [-0.1, -0.05) is 49.5 Å². The zero-order chi connectivity index (χ0) is 24.0. The van der Waals surface area contributed by atoms with Crippen LogP contribution in [-0.4, -0.2) is 24.7 Å². The summed E-state index contributed by atoms with van der Waals surface area (Å²) in [6.45, 7) is -0.259. The molecule has 0 fully saturated rings. The van der Waals surface area contributed by atoms with Gasteiger partial charge in [0.25, 0.3) is 5.91 Å². The quantitative estimate of drug-likeness (QED) is 0.122. The van der Waals surface area contributed by atoms with E-state index in [0.717, 1.165) is 8.95 Å². The van der Waals surface area contributed by atoms with Crippen LogP contribution in [0.1, 0.15) is 15.9 Å². The number of esters is 1. The summed E-state index contributed by atoms with van der Waals surface area (Å²) in [6, 6.07) is 15.2. The number of benzene rings is 3. The predicted molar refractivity (Wildman–Crippen MR) is 141 cm³/mol. The molecule has 33 heavy (non-hydrogen) atoms. The van der Waals surface area contributed by atoms with Gasteiger partial charge < -0.3 is 9.47 Å². The van der Waals surface area contributed by atoms with Crippen molar-refractivity contribution in [1.29, 1.82) is 0 Å². The highest BCUT2D eigenvalue weighted by molar-refractivity contribution is 9.11. The van der Waals surface area contributed by atoms with E-state index in [1.54, 1.807) is 48.5 Å². The molecule has 1 amide bonds. The van der Waals surface area contributed by atoms with Crippen molar-refractivity contribution in [1.82, 2.24) is 5.43 Å². The highest BCUT2D eigenvalue weighted by Gasteiger charge is 2.16. The third-order valence-electron chi connectivity index (χ3n) is 3.94. The van der Waals surface area contributed by atoms with E-state index in [2.05, 4.69) is 74.2 Å². The fourth-order valence-electron chi connectivity index (χ4n) is 2.49. The summed E-state index contributed by atoms with van der Waals surface area (Å²) in [4.78, 5) is 24.7. The molecule has 6 nitrogen and oxygen atoms in total. The van der Waals surface area contributed by atoms with Crippen LogP contribution >= 0.6 is 75.3 Å². The van der Waals surface area contributed by atoms with Crippen molar-refractivity contribution in [3.63, 3.8) is 0 Å². The van der Waals surface area contributed by atoms with Crippen LogP contribution in [0.3, 0.4) is 0 Å². The Morgan fingerprint density at radius 2 is 1.76 bits per heavy atom. The Kier molecular flexibility index (Phi) is 9.51. The van der Waals surface area contributed by atoms with Crippen molar-refractivity contribution in [3.05, 3.63) is 88.6 Å². The van der Waals surface area contributed by atoms with Crippen LogP contribution in [0.4, 0.5) is 0 Å². The fraction of sp³-hybridized carbons (Fsp3) is 0.0455. The molecule has 0 heterocycles. The lowest BCUT2D eigenvalue weighted by Crippen LogP contribution is -2.24. The minimum atomic E-state index is -0.542. The third-order valence-corrected chi connectivity index (χ3v) is 6.33. The lowest BCUT2D eigenvalue weighted by Gasteiger charge is -2.11. The summed E-state index contributed by atoms with van der Waals surface area (Å²) in [7, 11) is 0. The monoisotopic (exact) mass is 720 g/mol. The molecule has 1 N–H and O–H groups in total. The molecule has 0 aliphatic carbocycles. The molecule has 0 unspecified atom stereocenters. The Balaban J connectivity index is 1.68. The van der Waals surface area contributed by atoms with Crippen molar-refractivity contribution in [3.8, 4) is 11.5 Å². The maximum atomic E-state index is 12.6. The van der Waals surface area contributed by atoms with Crippen LogP contribution in [0, 0.1) is 0 Å². The van der Waals surface area contributed by atoms with Gasteiger partial charge in [0.15, 0.2) is 12.4 Å². The van der Waals surface area contributed by atoms with E-state index < -0.39 is 11.9 Å². The lowest BCUT2D eigenvalue weighted by atomic mass is 10.2. The number of hydrogen-bond donors (Lipinski definition) is 1. The van der Waals surface area contributed by atoms with Gasteiger partial charge in [0.2, 0.25) is 0 Å². The summed E-state index contributed by atoms with van der Waals surface area (Å²) >= 11 is 19.3. The van der Waals surface area contributed by atoms with E-state index in [1.807, 2.05) is 6.07 Å². The second-order valence-electron chi connectivity index (χ2n) is 6.36. The van der Waals surface area contributed by atoms with Gasteiger partial charge in [0, 0.05) is 19.5 Å². The van der Waals surface area contributed by atoms with Gasteiger partial charge in [0.05, 0.1) is 20.7 Å². The molecule has 3 aromatic rings. The first-order valence-corrected chi connectivity index (χ1v) is 12.6. The van der Waals surface area contributed by atoms with Crippen molar-refractivity contribution < 1.29 is 19.1 Å². The Labute approximate surface area is 228 Å². The summed E-state index contributed by atoms with van der Waals surface area (Å²) in [5.41, 5.74) is 3.21. The van der Waals surface area contributed by atoms with E-state index in [9.17, 15) is 9.59 Å². The lowest BCUT2D eigenvalue weighted by molar-refractivity contribution is -0.123. The maximum Gasteiger partial charge on any atom is 0.343 e. The number of ether oxygens (including phenoxy) is 2. The number of hydrogen-bond acceptors (Lipinski definition) is 5. The molecule has 0 aromatic heterocycles. The van der Waals surface area contributed by atoms with E-state index in [-0.39, 0.29) is 12.4 Å². The number of amides is 1. The average molecular weight is 724 g/mol. The van der Waals surface area contributed by atoms with Crippen LogP contribution < -0.4 is 14.9 Å². The number of carbonyl (C=O) groups is 2. The normalized spacial score (nSPS) is 10.8. The molecule has 0 aliphatic rings. The second-order valence-corrected chi connectivity index (χ2v) is 10.3. The minimum absolute atomic E-state index is 0.252. The molecule has 170 valence electrons. The molecule has 0 saturated heterocycles. The van der Waals surface area contributed by atoms with Gasteiger partial charge in [-0.15, -0.1) is 0 Å². The summed E-state index contributed by atoms with van der Waals surface area (Å²) in [5.74, 6) is -0.298. The maximum absolute atomic E-state index is 12.6. The highest BCUT2D eigenvalue weighted by atomic mass is 79.9. The standard InChI is InChI=1S/C22H13Br4ClN2O4/c23-14-3-1-2-12(6-14)22(31)33-21-13(7-15(24)8-18(21)26)10-28-29-20(30)11-32-19-5-4-16(27)9-17(19)25/h1-10H,11H2,(H,29,30)/b28-10-. The Bertz CT molecular complexity index is 1240. The molecular weight excluding hydrogens is 711 g/mol. The van der Waals surface area contributed by atoms with Gasteiger partial charge >= 0.3 is 5.97 Å². The number of carbonyl (C=O) groups excluding carboxylic acids is 2. The van der Waals surface area contributed by atoms with Gasteiger partial charge in [-0.3, -0.25) is 4.79 Å². The summed E-state index contributed by atoms with van der Waals surface area (Å²) in [6.07, 6.45) is 1.37. The summed E-state index contributed by atoms with van der Waals surface area (Å²) in [5, 5.41) is 4.49. The Morgan fingerprint density at radius 3 is 2.48 bits per heavy atom. The predicted octanol–water partition coefficient (Wildman–Crippen LogP) is 7.14. The largest absolute Gasteiger partial charge is 0.483 e. The first-order chi connectivity index (χ1) is 15.7. The van der Waals surface area contributed by atoms with E-state index in [1.165, 1.54) is 6.21 Å². The number of hydrazone groups is 1. The van der Waals surface area contributed by atoms with Crippen molar-refractivity contribution in [2.45, 2.75) is 0 Å². The van der Waals surface area contributed by atoms with Crippen LogP contribution in [0.5, 0.6) is 11.5 Å². The fourth-order valence-corrected chi connectivity index (χ4v) is 5.03. The van der Waals surface area contributed by atoms with Gasteiger partial charge in [-0.25, -0.2) is 10.2 Å². The molecule has 0 saturated carbocycles. The van der Waals surface area contributed by atoms with Crippen molar-refractivity contribution >= 4 is 93.4 Å². The van der Waals surface area contributed by atoms with E-state index >= 15 is 0 Å². The van der Waals surface area contributed by atoms with Gasteiger partial charge in [-0.05, 0) is 80.4 Å². The number of halogens is 5.